The fourth-order valence-corrected chi connectivity index (χ4v) is 11.5. The maximum atomic E-state index is 6.96. The Kier molecular flexibility index (Phi) is 9.47. The molecule has 11 aromatic carbocycles. The van der Waals surface area contributed by atoms with Crippen molar-refractivity contribution in [2.45, 2.75) is 0 Å². The lowest BCUT2D eigenvalue weighted by molar-refractivity contribution is -0.571. The number of aromatic nitrogens is 5. The fraction of sp³-hybridized carbons (Fsp3) is 0. The zero-order valence-electron chi connectivity index (χ0n) is 40.0. The van der Waals surface area contributed by atoms with Crippen LogP contribution in [0.1, 0.15) is 0 Å². The first kappa shape index (κ1) is 41.7. The number of nitrogens with zero attached hydrogens (tertiary/aromatic N) is 5. The average molecular weight is 946 g/mol. The fourth-order valence-electron chi connectivity index (χ4n) is 11.5. The monoisotopic (exact) mass is 945 g/mol. The summed E-state index contributed by atoms with van der Waals surface area (Å²) in [5, 5.41) is 7.89. The smallest absolute Gasteiger partial charge is 0.269 e. The second-order valence-corrected chi connectivity index (χ2v) is 18.8. The molecule has 0 bridgehead atoms. The maximum absolute atomic E-state index is 6.96. The third-order valence-corrected chi connectivity index (χ3v) is 14.7. The van der Waals surface area contributed by atoms with Crippen LogP contribution in [0.5, 0.6) is 11.5 Å². The van der Waals surface area contributed by atoms with Gasteiger partial charge in [-0.25, -0.2) is 4.98 Å². The zero-order chi connectivity index (χ0) is 48.7. The van der Waals surface area contributed by atoms with Crippen LogP contribution in [0.25, 0.3) is 121 Å². The molecular formula is C68H43N5O. The van der Waals surface area contributed by atoms with Gasteiger partial charge in [-0.2, -0.15) is 0 Å². The molecule has 0 amide bonds. The van der Waals surface area contributed by atoms with Gasteiger partial charge in [0.05, 0.1) is 55.5 Å². The van der Waals surface area contributed by atoms with Crippen molar-refractivity contribution in [2.24, 2.45) is 0 Å². The molecule has 15 rings (SSSR count). The minimum atomic E-state index is 0.706. The Hall–Kier alpha value is -10.0. The number of hydrogen-bond donors (Lipinski definition) is 0. The Bertz CT molecular complexity index is 4700. The van der Waals surface area contributed by atoms with Crippen molar-refractivity contribution in [1.82, 2.24) is 18.5 Å². The second-order valence-electron chi connectivity index (χ2n) is 18.8. The minimum Gasteiger partial charge on any atom is -0.458 e. The van der Waals surface area contributed by atoms with Gasteiger partial charge in [0.25, 0.3) is 6.33 Å². The predicted octanol–water partition coefficient (Wildman–Crippen LogP) is 16.8. The molecule has 0 aliphatic carbocycles. The van der Waals surface area contributed by atoms with Crippen LogP contribution < -0.4 is 9.30 Å². The Balaban J connectivity index is 0.916. The summed E-state index contributed by atoms with van der Waals surface area (Å²) >= 11 is 0. The van der Waals surface area contributed by atoms with E-state index in [4.69, 9.17) is 9.72 Å². The molecule has 0 saturated heterocycles. The molecule has 15 aromatic rings. The predicted molar refractivity (Wildman–Crippen MR) is 303 cm³/mol. The van der Waals surface area contributed by atoms with E-state index < -0.39 is 0 Å². The van der Waals surface area contributed by atoms with Crippen LogP contribution in [0.4, 0.5) is 0 Å². The lowest BCUT2D eigenvalue weighted by Crippen LogP contribution is -2.31. The Labute approximate surface area is 425 Å². The highest BCUT2D eigenvalue weighted by atomic mass is 16.5. The summed E-state index contributed by atoms with van der Waals surface area (Å²) in [4.78, 5) is 5.74. The lowest BCUT2D eigenvalue weighted by Gasteiger charge is -2.17. The molecule has 6 nitrogen and oxygen atoms in total. The summed E-state index contributed by atoms with van der Waals surface area (Å²) in [6, 6.07) is 92.3. The minimum absolute atomic E-state index is 0.706. The Morgan fingerprint density at radius 1 is 0.378 bits per heavy atom. The number of fused-ring (bicyclic) bond motifs is 11. The van der Waals surface area contributed by atoms with Crippen LogP contribution in [0.15, 0.2) is 261 Å². The highest BCUT2D eigenvalue weighted by molar-refractivity contribution is 6.20. The van der Waals surface area contributed by atoms with E-state index in [0.717, 1.165) is 105 Å². The summed E-state index contributed by atoms with van der Waals surface area (Å²) in [5.74, 6) is 2.24. The van der Waals surface area contributed by atoms with Gasteiger partial charge in [-0.05, 0) is 82.9 Å². The van der Waals surface area contributed by atoms with Gasteiger partial charge in [-0.3, -0.25) is 13.7 Å². The highest BCUT2D eigenvalue weighted by Gasteiger charge is 2.22. The van der Waals surface area contributed by atoms with E-state index in [1.807, 2.05) is 6.07 Å². The highest BCUT2D eigenvalue weighted by Crippen LogP contribution is 2.41. The van der Waals surface area contributed by atoms with E-state index in [2.05, 4.69) is 279 Å². The van der Waals surface area contributed by atoms with Gasteiger partial charge >= 0.3 is 0 Å². The first-order valence-electron chi connectivity index (χ1n) is 25.0. The van der Waals surface area contributed by atoms with Crippen molar-refractivity contribution in [3.63, 3.8) is 0 Å². The van der Waals surface area contributed by atoms with E-state index in [0.29, 0.717) is 11.5 Å². The molecule has 6 heteroatoms. The quantitative estimate of drug-likeness (QED) is 0.118. The van der Waals surface area contributed by atoms with E-state index in [-0.39, 0.29) is 0 Å². The van der Waals surface area contributed by atoms with Crippen molar-refractivity contribution in [1.29, 1.82) is 0 Å². The summed E-state index contributed by atoms with van der Waals surface area (Å²) in [6.07, 6.45) is 3.83. The van der Waals surface area contributed by atoms with Crippen LogP contribution in [0.3, 0.4) is 0 Å². The summed E-state index contributed by atoms with van der Waals surface area (Å²) in [5.41, 5.74) is 14.9. The molecule has 4 aromatic heterocycles. The molecule has 0 N–H and O–H groups in total. The molecule has 0 radical (unpaired) electrons. The molecular weight excluding hydrogens is 903 g/mol. The average Bonchev–Trinajstić information content (AvgIpc) is 4.14. The van der Waals surface area contributed by atoms with Gasteiger partial charge < -0.3 is 9.14 Å². The molecule has 0 spiro atoms. The maximum Gasteiger partial charge on any atom is 0.269 e. The molecule has 0 aliphatic rings. The normalized spacial score (nSPS) is 11.8. The number of hydrogen-bond acceptors (Lipinski definition) is 2. The Morgan fingerprint density at radius 3 is 1.65 bits per heavy atom. The molecule has 0 atom stereocenters. The SMILES string of the molecule is [c-]1n(-c2cccc(Oc3ccc4c5ccccc5n(-c5nc6ccccc6c6cccc7c8ccccc8n(c8ccccc58)c67)c4c3)c2)c2ccccc2[n+]1-c1c(-c2ccccc2)cccc1-c1ccccc1. The molecule has 4 heterocycles. The van der Waals surface area contributed by atoms with Crippen molar-refractivity contribution >= 4 is 81.8 Å². The van der Waals surface area contributed by atoms with Gasteiger partial charge in [0.15, 0.2) is 0 Å². The van der Waals surface area contributed by atoms with Gasteiger partial charge in [0.2, 0.25) is 0 Å². The summed E-state index contributed by atoms with van der Waals surface area (Å²) in [7, 11) is 0. The van der Waals surface area contributed by atoms with Crippen molar-refractivity contribution in [2.75, 3.05) is 0 Å². The number of rotatable bonds is 7. The zero-order valence-corrected chi connectivity index (χ0v) is 40.0. The van der Waals surface area contributed by atoms with E-state index >= 15 is 0 Å². The van der Waals surface area contributed by atoms with E-state index in [1.165, 1.54) is 16.3 Å². The standard InChI is InChI=1S/C68H43N5O/c1-3-20-45(21-4-1)50-30-18-31-51(46-22-5-2-6-23-46)66(50)71-44-70(63-38-15-16-39-64(63)71)47-24-17-25-48(42-47)74-49-40-41-55-53-27-8-13-36-61(53)73(65(55)43-49)68-58-29-10-14-37-62(58)72-60-35-12-9-28-54(60)57-33-19-32-56(67(57)72)52-26-7-11-34-59(52)69-68/h1-43H. The number of para-hydroxylation sites is 8. The van der Waals surface area contributed by atoms with Gasteiger partial charge in [-0.1, -0.05) is 194 Å². The van der Waals surface area contributed by atoms with E-state index in [9.17, 15) is 0 Å². The Morgan fingerprint density at radius 2 is 0.905 bits per heavy atom. The van der Waals surface area contributed by atoms with Crippen molar-refractivity contribution in [3.8, 4) is 50.9 Å². The summed E-state index contributed by atoms with van der Waals surface area (Å²) in [6.45, 7) is 0. The molecule has 0 aliphatic heterocycles. The molecule has 0 unspecified atom stereocenters. The first-order valence-corrected chi connectivity index (χ1v) is 25.0. The number of ether oxygens (including phenoxy) is 1. The molecule has 346 valence electrons. The van der Waals surface area contributed by atoms with Gasteiger partial charge in [-0.15, -0.1) is 0 Å². The van der Waals surface area contributed by atoms with Crippen LogP contribution >= 0.6 is 0 Å². The van der Waals surface area contributed by atoms with Gasteiger partial charge in [0.1, 0.15) is 17.3 Å². The van der Waals surface area contributed by atoms with Crippen LogP contribution in [0, 0.1) is 6.33 Å². The van der Waals surface area contributed by atoms with Crippen LogP contribution in [-0.2, 0) is 0 Å². The number of imidazole rings is 1. The largest absolute Gasteiger partial charge is 0.458 e. The number of benzene rings is 11. The first-order chi connectivity index (χ1) is 36.7. The lowest BCUT2D eigenvalue weighted by atomic mass is 9.95. The van der Waals surface area contributed by atoms with Crippen molar-refractivity contribution in [3.05, 3.63) is 267 Å². The topological polar surface area (TPSA) is 40.3 Å². The summed E-state index contributed by atoms with van der Waals surface area (Å²) < 4.78 is 16.1. The molecule has 74 heavy (non-hydrogen) atoms. The third-order valence-electron chi connectivity index (χ3n) is 14.7. The van der Waals surface area contributed by atoms with E-state index in [1.54, 1.807) is 0 Å². The molecule has 0 fully saturated rings. The van der Waals surface area contributed by atoms with Gasteiger partial charge in [0, 0.05) is 43.8 Å². The third kappa shape index (κ3) is 6.52. The second kappa shape index (κ2) is 16.8. The van der Waals surface area contributed by atoms with Crippen LogP contribution in [0.2, 0.25) is 0 Å². The molecule has 0 saturated carbocycles. The van der Waals surface area contributed by atoms with Crippen LogP contribution in [-0.4, -0.2) is 18.5 Å². The van der Waals surface area contributed by atoms with Crippen molar-refractivity contribution < 1.29 is 9.30 Å².